The van der Waals surface area contributed by atoms with Gasteiger partial charge >= 0.3 is 5.97 Å². The highest BCUT2D eigenvalue weighted by Gasteiger charge is 2.18. The summed E-state index contributed by atoms with van der Waals surface area (Å²) in [6.07, 6.45) is 0. The van der Waals surface area contributed by atoms with Crippen LogP contribution in [-0.2, 0) is 26.1 Å². The molecular weight excluding hydrogens is 392 g/mol. The molecule has 0 aliphatic heterocycles. The van der Waals surface area contributed by atoms with Crippen molar-refractivity contribution < 1.29 is 22.7 Å². The smallest absolute Gasteiger partial charge is 0.338 e. The standard InChI is InChI=1S/C18H19ClN2O5S/c1-21(2)27(24,25)16-9-5-14(6-10-16)18(23)26-12-17(22)20-11-13-3-7-15(19)8-4-13/h3-10H,11-12H2,1-2H3,(H,20,22). The number of sulfonamides is 1. The molecule has 2 aromatic carbocycles. The van der Waals surface area contributed by atoms with Gasteiger partial charge in [-0.25, -0.2) is 17.5 Å². The summed E-state index contributed by atoms with van der Waals surface area (Å²) >= 11 is 5.79. The normalized spacial score (nSPS) is 11.3. The SMILES string of the molecule is CN(C)S(=O)(=O)c1ccc(C(=O)OCC(=O)NCc2ccc(Cl)cc2)cc1. The van der Waals surface area contributed by atoms with Gasteiger partial charge in [-0.15, -0.1) is 0 Å². The highest BCUT2D eigenvalue weighted by molar-refractivity contribution is 7.89. The Labute approximate surface area is 162 Å². The van der Waals surface area contributed by atoms with E-state index in [1.807, 2.05) is 0 Å². The van der Waals surface area contributed by atoms with Crippen molar-refractivity contribution in [1.29, 1.82) is 0 Å². The van der Waals surface area contributed by atoms with Gasteiger partial charge in [0.05, 0.1) is 10.5 Å². The summed E-state index contributed by atoms with van der Waals surface area (Å²) < 4.78 is 30.0. The summed E-state index contributed by atoms with van der Waals surface area (Å²) in [5.41, 5.74) is 1.01. The van der Waals surface area contributed by atoms with Crippen molar-refractivity contribution in [2.75, 3.05) is 20.7 Å². The third-order valence-electron chi connectivity index (χ3n) is 3.61. The molecule has 0 atom stereocenters. The number of amides is 1. The van der Waals surface area contributed by atoms with Gasteiger partial charge in [-0.05, 0) is 42.0 Å². The van der Waals surface area contributed by atoms with Crippen LogP contribution in [0.2, 0.25) is 5.02 Å². The number of carbonyl (C=O) groups excluding carboxylic acids is 2. The number of hydrogen-bond acceptors (Lipinski definition) is 5. The van der Waals surface area contributed by atoms with E-state index in [0.29, 0.717) is 5.02 Å². The van der Waals surface area contributed by atoms with Gasteiger partial charge in [0, 0.05) is 25.7 Å². The minimum Gasteiger partial charge on any atom is -0.452 e. The van der Waals surface area contributed by atoms with Crippen LogP contribution in [0, 0.1) is 0 Å². The number of nitrogens with zero attached hydrogens (tertiary/aromatic N) is 1. The lowest BCUT2D eigenvalue weighted by molar-refractivity contribution is -0.124. The van der Waals surface area contributed by atoms with E-state index in [2.05, 4.69) is 5.32 Å². The first-order chi connectivity index (χ1) is 12.7. The van der Waals surface area contributed by atoms with Crippen LogP contribution in [0.25, 0.3) is 0 Å². The molecule has 27 heavy (non-hydrogen) atoms. The first-order valence-electron chi connectivity index (χ1n) is 7.91. The molecule has 1 N–H and O–H groups in total. The van der Waals surface area contributed by atoms with Crippen molar-refractivity contribution in [3.8, 4) is 0 Å². The molecule has 2 rings (SSSR count). The first-order valence-corrected chi connectivity index (χ1v) is 9.73. The minimum atomic E-state index is -3.57. The van der Waals surface area contributed by atoms with Crippen molar-refractivity contribution >= 4 is 33.5 Å². The Hall–Kier alpha value is -2.42. The average Bonchev–Trinajstić information content (AvgIpc) is 2.65. The summed E-state index contributed by atoms with van der Waals surface area (Å²) in [6.45, 7) is -0.158. The van der Waals surface area contributed by atoms with Crippen molar-refractivity contribution in [2.24, 2.45) is 0 Å². The van der Waals surface area contributed by atoms with Gasteiger partial charge in [-0.2, -0.15) is 0 Å². The van der Waals surface area contributed by atoms with E-state index < -0.39 is 28.5 Å². The number of benzene rings is 2. The quantitative estimate of drug-likeness (QED) is 0.705. The van der Waals surface area contributed by atoms with Crippen molar-refractivity contribution in [2.45, 2.75) is 11.4 Å². The molecule has 0 aromatic heterocycles. The molecule has 0 heterocycles. The van der Waals surface area contributed by atoms with Crippen LogP contribution in [0.5, 0.6) is 0 Å². The predicted octanol–water partition coefficient (Wildman–Crippen LogP) is 2.06. The summed E-state index contributed by atoms with van der Waals surface area (Å²) in [6, 6.07) is 12.3. The highest BCUT2D eigenvalue weighted by atomic mass is 35.5. The van der Waals surface area contributed by atoms with E-state index in [0.717, 1.165) is 9.87 Å². The molecule has 0 radical (unpaired) electrons. The van der Waals surface area contributed by atoms with E-state index in [4.69, 9.17) is 16.3 Å². The topological polar surface area (TPSA) is 92.8 Å². The van der Waals surface area contributed by atoms with Gasteiger partial charge in [-0.3, -0.25) is 4.79 Å². The number of esters is 1. The fraction of sp³-hybridized carbons (Fsp3) is 0.222. The fourth-order valence-electron chi connectivity index (χ4n) is 2.04. The van der Waals surface area contributed by atoms with Crippen molar-refractivity contribution in [3.05, 3.63) is 64.7 Å². The Kier molecular flexibility index (Phi) is 6.95. The van der Waals surface area contributed by atoms with E-state index in [9.17, 15) is 18.0 Å². The number of carbonyl (C=O) groups is 2. The summed E-state index contributed by atoms with van der Waals surface area (Å²) in [5, 5.41) is 3.22. The third-order valence-corrected chi connectivity index (χ3v) is 5.69. The monoisotopic (exact) mass is 410 g/mol. The zero-order chi connectivity index (χ0) is 20.0. The predicted molar refractivity (Wildman–Crippen MR) is 101 cm³/mol. The highest BCUT2D eigenvalue weighted by Crippen LogP contribution is 2.14. The van der Waals surface area contributed by atoms with Crippen LogP contribution < -0.4 is 5.32 Å². The van der Waals surface area contributed by atoms with Crippen LogP contribution in [-0.4, -0.2) is 45.3 Å². The second-order valence-electron chi connectivity index (χ2n) is 5.79. The Morgan fingerprint density at radius 3 is 2.19 bits per heavy atom. The van der Waals surface area contributed by atoms with Crippen molar-refractivity contribution in [3.63, 3.8) is 0 Å². The minimum absolute atomic E-state index is 0.0600. The molecule has 7 nitrogen and oxygen atoms in total. The van der Waals surface area contributed by atoms with Crippen LogP contribution >= 0.6 is 11.6 Å². The molecule has 0 saturated carbocycles. The second-order valence-corrected chi connectivity index (χ2v) is 8.38. The lowest BCUT2D eigenvalue weighted by atomic mass is 10.2. The van der Waals surface area contributed by atoms with Gasteiger partial charge in [-0.1, -0.05) is 23.7 Å². The molecule has 0 aliphatic carbocycles. The number of rotatable bonds is 7. The first kappa shape index (κ1) is 20.9. The maximum absolute atomic E-state index is 12.0. The van der Waals surface area contributed by atoms with Gasteiger partial charge < -0.3 is 10.1 Å². The maximum Gasteiger partial charge on any atom is 0.338 e. The molecule has 0 aliphatic rings. The molecule has 0 fully saturated rings. The average molecular weight is 411 g/mol. The van der Waals surface area contributed by atoms with E-state index in [-0.39, 0.29) is 17.0 Å². The molecule has 2 aromatic rings. The Morgan fingerprint density at radius 2 is 1.63 bits per heavy atom. The molecule has 144 valence electrons. The zero-order valence-corrected chi connectivity index (χ0v) is 16.4. The van der Waals surface area contributed by atoms with Gasteiger partial charge in [0.15, 0.2) is 6.61 Å². The molecule has 0 saturated heterocycles. The van der Waals surface area contributed by atoms with Crippen LogP contribution in [0.3, 0.4) is 0 Å². The lowest BCUT2D eigenvalue weighted by Crippen LogP contribution is -2.28. The molecular formula is C18H19ClN2O5S. The molecule has 9 heteroatoms. The van der Waals surface area contributed by atoms with Gasteiger partial charge in [0.25, 0.3) is 5.91 Å². The van der Waals surface area contributed by atoms with Crippen LogP contribution in [0.4, 0.5) is 0 Å². The Balaban J connectivity index is 1.86. The molecule has 0 bridgehead atoms. The Morgan fingerprint density at radius 1 is 1.04 bits per heavy atom. The maximum atomic E-state index is 12.0. The largest absolute Gasteiger partial charge is 0.452 e. The van der Waals surface area contributed by atoms with E-state index in [1.54, 1.807) is 24.3 Å². The zero-order valence-electron chi connectivity index (χ0n) is 14.8. The number of halogens is 1. The number of ether oxygens (including phenoxy) is 1. The molecule has 1 amide bonds. The molecule has 0 unspecified atom stereocenters. The third kappa shape index (κ3) is 5.78. The van der Waals surface area contributed by atoms with Gasteiger partial charge in [0.2, 0.25) is 10.0 Å². The van der Waals surface area contributed by atoms with Crippen molar-refractivity contribution in [1.82, 2.24) is 9.62 Å². The fourth-order valence-corrected chi connectivity index (χ4v) is 3.07. The summed E-state index contributed by atoms with van der Waals surface area (Å²) in [5.74, 6) is -1.17. The van der Waals surface area contributed by atoms with Crippen LogP contribution in [0.1, 0.15) is 15.9 Å². The number of hydrogen-bond donors (Lipinski definition) is 1. The number of nitrogens with one attached hydrogen (secondary N) is 1. The second kappa shape index (κ2) is 8.98. The Bertz CT molecular complexity index is 910. The van der Waals surface area contributed by atoms with Crippen LogP contribution in [0.15, 0.2) is 53.4 Å². The van der Waals surface area contributed by atoms with Gasteiger partial charge in [0.1, 0.15) is 0 Å². The molecule has 0 spiro atoms. The lowest BCUT2D eigenvalue weighted by Gasteiger charge is -2.11. The summed E-state index contributed by atoms with van der Waals surface area (Å²) in [4.78, 5) is 23.8. The van der Waals surface area contributed by atoms with E-state index >= 15 is 0 Å². The summed E-state index contributed by atoms with van der Waals surface area (Å²) in [7, 11) is -0.739. The van der Waals surface area contributed by atoms with E-state index in [1.165, 1.54) is 38.4 Å².